The van der Waals surface area contributed by atoms with Gasteiger partial charge in [-0.3, -0.25) is 14.4 Å². The van der Waals surface area contributed by atoms with Crippen molar-refractivity contribution in [3.63, 3.8) is 0 Å². The van der Waals surface area contributed by atoms with Gasteiger partial charge in [0.25, 0.3) is 0 Å². The molecule has 7 nitrogen and oxygen atoms in total. The van der Waals surface area contributed by atoms with E-state index in [1.165, 1.54) is 6.92 Å². The molecule has 0 aromatic heterocycles. The molecule has 2 N–H and O–H groups in total. The molecule has 4 aliphatic rings. The van der Waals surface area contributed by atoms with Gasteiger partial charge in [0.2, 0.25) is 17.7 Å². The Bertz CT molecular complexity index is 860. The molecule has 3 heterocycles. The third-order valence-electron chi connectivity index (χ3n) is 5.83. The van der Waals surface area contributed by atoms with Gasteiger partial charge in [-0.15, -0.1) is 0 Å². The normalized spacial score (nSPS) is 33.3. The van der Waals surface area contributed by atoms with Gasteiger partial charge in [0.05, 0.1) is 24.5 Å². The van der Waals surface area contributed by atoms with Crippen molar-refractivity contribution in [2.75, 3.05) is 16.8 Å². The number of anilines is 2. The number of carbonyl (C=O) groups excluding carboxylic acids is 3. The van der Waals surface area contributed by atoms with E-state index in [-0.39, 0.29) is 29.9 Å². The summed E-state index contributed by atoms with van der Waals surface area (Å²) in [4.78, 5) is 38.8. The highest BCUT2D eigenvalue weighted by Gasteiger charge is 2.67. The van der Waals surface area contributed by atoms with Crippen molar-refractivity contribution in [1.29, 1.82) is 0 Å². The Hall–Kier alpha value is -2.67. The molecular formula is C20H21N3O4. The SMILES string of the molecule is CC(=O)Nc1ccc(N2C[C@@]34C=C[C@@H](O3)[C@H](C(=O)NC3CC3)[C@@H]4C2=O)cc1. The molecule has 1 aromatic rings. The number of amides is 3. The largest absolute Gasteiger partial charge is 0.360 e. The van der Waals surface area contributed by atoms with Gasteiger partial charge in [0.15, 0.2) is 0 Å². The Morgan fingerprint density at radius 1 is 1.22 bits per heavy atom. The Morgan fingerprint density at radius 3 is 2.63 bits per heavy atom. The van der Waals surface area contributed by atoms with Crippen LogP contribution in [-0.4, -0.2) is 42.0 Å². The predicted octanol–water partition coefficient (Wildman–Crippen LogP) is 1.21. The lowest BCUT2D eigenvalue weighted by Crippen LogP contribution is -2.44. The smallest absolute Gasteiger partial charge is 0.234 e. The zero-order valence-corrected chi connectivity index (χ0v) is 15.0. The Balaban J connectivity index is 1.40. The summed E-state index contributed by atoms with van der Waals surface area (Å²) < 4.78 is 6.13. The average Bonchev–Trinajstić information content (AvgIpc) is 3.16. The lowest BCUT2D eigenvalue weighted by Gasteiger charge is -2.23. The first-order valence-corrected chi connectivity index (χ1v) is 9.33. The van der Waals surface area contributed by atoms with Crippen molar-refractivity contribution in [3.8, 4) is 0 Å². The maximum Gasteiger partial charge on any atom is 0.234 e. The van der Waals surface area contributed by atoms with E-state index in [1.54, 1.807) is 29.2 Å². The minimum Gasteiger partial charge on any atom is -0.360 e. The van der Waals surface area contributed by atoms with Gasteiger partial charge in [-0.2, -0.15) is 0 Å². The zero-order chi connectivity index (χ0) is 18.8. The molecule has 2 bridgehead atoms. The molecule has 3 aliphatic heterocycles. The molecule has 1 spiro atoms. The van der Waals surface area contributed by atoms with Crippen LogP contribution in [0.25, 0.3) is 0 Å². The number of benzene rings is 1. The quantitative estimate of drug-likeness (QED) is 0.783. The second-order valence-corrected chi connectivity index (χ2v) is 7.84. The Kier molecular flexibility index (Phi) is 3.46. The van der Waals surface area contributed by atoms with Crippen molar-refractivity contribution in [1.82, 2.24) is 5.32 Å². The minimum absolute atomic E-state index is 0.0741. The van der Waals surface area contributed by atoms with Crippen LogP contribution in [0.2, 0.25) is 0 Å². The van der Waals surface area contributed by atoms with Crippen LogP contribution in [0.5, 0.6) is 0 Å². The predicted molar refractivity (Wildman–Crippen MR) is 98.0 cm³/mol. The fraction of sp³-hybridized carbons (Fsp3) is 0.450. The molecule has 27 heavy (non-hydrogen) atoms. The fourth-order valence-electron chi connectivity index (χ4n) is 4.47. The molecule has 7 heteroatoms. The summed E-state index contributed by atoms with van der Waals surface area (Å²) in [6, 6.07) is 7.39. The van der Waals surface area contributed by atoms with E-state index in [2.05, 4.69) is 10.6 Å². The first-order valence-electron chi connectivity index (χ1n) is 9.33. The van der Waals surface area contributed by atoms with Crippen LogP contribution < -0.4 is 15.5 Å². The van der Waals surface area contributed by atoms with Crippen LogP contribution in [0.1, 0.15) is 19.8 Å². The van der Waals surface area contributed by atoms with E-state index in [9.17, 15) is 14.4 Å². The van der Waals surface area contributed by atoms with Gasteiger partial charge in [-0.25, -0.2) is 0 Å². The highest BCUT2D eigenvalue weighted by Crippen LogP contribution is 2.52. The molecule has 2 saturated heterocycles. The number of hydrogen-bond donors (Lipinski definition) is 2. The highest BCUT2D eigenvalue weighted by molar-refractivity contribution is 6.03. The van der Waals surface area contributed by atoms with Crippen LogP contribution in [0.4, 0.5) is 11.4 Å². The summed E-state index contributed by atoms with van der Waals surface area (Å²) in [5.41, 5.74) is 0.693. The summed E-state index contributed by atoms with van der Waals surface area (Å²) in [6.45, 7) is 1.85. The van der Waals surface area contributed by atoms with Gasteiger partial charge >= 0.3 is 0 Å². The van der Waals surface area contributed by atoms with Crippen LogP contribution in [0, 0.1) is 11.8 Å². The molecular weight excluding hydrogens is 346 g/mol. The molecule has 140 valence electrons. The van der Waals surface area contributed by atoms with E-state index in [1.807, 2.05) is 12.2 Å². The van der Waals surface area contributed by atoms with Crippen LogP contribution in [0.3, 0.4) is 0 Å². The summed E-state index contributed by atoms with van der Waals surface area (Å²) >= 11 is 0. The summed E-state index contributed by atoms with van der Waals surface area (Å²) in [6.07, 6.45) is 5.58. The number of nitrogens with zero attached hydrogens (tertiary/aromatic N) is 1. The van der Waals surface area contributed by atoms with E-state index in [4.69, 9.17) is 4.74 Å². The summed E-state index contributed by atoms with van der Waals surface area (Å²) in [5, 5.41) is 5.74. The van der Waals surface area contributed by atoms with E-state index in [0.29, 0.717) is 12.2 Å². The molecule has 1 aromatic carbocycles. The van der Waals surface area contributed by atoms with Crippen LogP contribution in [-0.2, 0) is 19.1 Å². The Labute approximate surface area is 156 Å². The topological polar surface area (TPSA) is 87.7 Å². The number of rotatable bonds is 4. The lowest BCUT2D eigenvalue weighted by molar-refractivity contribution is -0.132. The van der Waals surface area contributed by atoms with Gasteiger partial charge in [-0.1, -0.05) is 12.2 Å². The van der Waals surface area contributed by atoms with E-state index >= 15 is 0 Å². The number of hydrogen-bond acceptors (Lipinski definition) is 4. The van der Waals surface area contributed by atoms with Crippen molar-refractivity contribution in [3.05, 3.63) is 36.4 Å². The van der Waals surface area contributed by atoms with Crippen molar-refractivity contribution < 1.29 is 19.1 Å². The van der Waals surface area contributed by atoms with E-state index < -0.39 is 17.4 Å². The highest BCUT2D eigenvalue weighted by atomic mass is 16.5. The molecule has 5 rings (SSSR count). The average molecular weight is 367 g/mol. The molecule has 0 radical (unpaired) electrons. The third-order valence-corrected chi connectivity index (χ3v) is 5.83. The van der Waals surface area contributed by atoms with Crippen molar-refractivity contribution in [2.45, 2.75) is 37.5 Å². The number of nitrogens with one attached hydrogen (secondary N) is 2. The van der Waals surface area contributed by atoms with Crippen molar-refractivity contribution >= 4 is 29.1 Å². The van der Waals surface area contributed by atoms with Crippen LogP contribution in [0.15, 0.2) is 36.4 Å². The molecule has 1 saturated carbocycles. The maximum atomic E-state index is 13.2. The summed E-state index contributed by atoms with van der Waals surface area (Å²) in [7, 11) is 0. The maximum absolute atomic E-state index is 13.2. The van der Waals surface area contributed by atoms with Gasteiger partial charge in [0, 0.05) is 24.3 Å². The molecule has 3 fully saturated rings. The van der Waals surface area contributed by atoms with Crippen molar-refractivity contribution in [2.24, 2.45) is 11.8 Å². The van der Waals surface area contributed by atoms with Gasteiger partial charge < -0.3 is 20.3 Å². The van der Waals surface area contributed by atoms with E-state index in [0.717, 1.165) is 18.5 Å². The number of fused-ring (bicyclic) bond motifs is 1. The Morgan fingerprint density at radius 2 is 1.96 bits per heavy atom. The first-order chi connectivity index (χ1) is 13.0. The minimum atomic E-state index is -0.719. The fourth-order valence-corrected chi connectivity index (χ4v) is 4.47. The van der Waals surface area contributed by atoms with Gasteiger partial charge in [-0.05, 0) is 37.1 Å². The number of ether oxygens (including phenoxy) is 1. The van der Waals surface area contributed by atoms with Crippen LogP contribution >= 0.6 is 0 Å². The standard InChI is InChI=1S/C20H21N3O4/c1-11(24)21-12-4-6-14(7-5-12)23-10-20-9-8-15(27-20)16(17(20)19(23)26)18(25)22-13-2-3-13/h4-9,13,15-17H,2-3,10H2,1H3,(H,21,24)(H,22,25)/t15-,16+,17-,20-/m1/s1. The first kappa shape index (κ1) is 16.5. The molecule has 3 amide bonds. The molecule has 1 aliphatic carbocycles. The summed E-state index contributed by atoms with van der Waals surface area (Å²) in [5.74, 6) is -1.25. The number of carbonyl (C=O) groups is 3. The molecule has 4 atom stereocenters. The third kappa shape index (κ3) is 2.56. The second-order valence-electron chi connectivity index (χ2n) is 7.84. The second kappa shape index (κ2) is 5.66. The zero-order valence-electron chi connectivity index (χ0n) is 15.0. The molecule has 0 unspecified atom stereocenters. The monoisotopic (exact) mass is 367 g/mol. The lowest BCUT2D eigenvalue weighted by atomic mass is 9.77. The van der Waals surface area contributed by atoms with Gasteiger partial charge in [0.1, 0.15) is 5.60 Å².